The van der Waals surface area contributed by atoms with Gasteiger partial charge in [-0.1, -0.05) is 12.1 Å². The number of nitrogens with zero attached hydrogens (tertiary/aromatic N) is 3. The van der Waals surface area contributed by atoms with Crippen molar-refractivity contribution in [2.75, 3.05) is 66.6 Å². The van der Waals surface area contributed by atoms with Crippen LogP contribution in [0.1, 0.15) is 25.8 Å². The molecule has 0 amide bonds. The van der Waals surface area contributed by atoms with E-state index in [1.54, 1.807) is 0 Å². The van der Waals surface area contributed by atoms with Crippen molar-refractivity contribution in [2.45, 2.75) is 32.9 Å². The van der Waals surface area contributed by atoms with E-state index >= 15 is 0 Å². The van der Waals surface area contributed by atoms with Crippen molar-refractivity contribution in [1.82, 2.24) is 20.4 Å². The van der Waals surface area contributed by atoms with Crippen LogP contribution >= 0.6 is 0 Å². The maximum Gasteiger partial charge on any atom is 0.191 e. The van der Waals surface area contributed by atoms with E-state index in [0.29, 0.717) is 12.6 Å². The van der Waals surface area contributed by atoms with Gasteiger partial charge in [0, 0.05) is 38.8 Å². The maximum atomic E-state index is 5.80. The van der Waals surface area contributed by atoms with Crippen LogP contribution in [0.4, 0.5) is 0 Å². The van der Waals surface area contributed by atoms with Gasteiger partial charge >= 0.3 is 0 Å². The Bertz CT molecular complexity index is 585. The lowest BCUT2D eigenvalue weighted by Gasteiger charge is -2.32. The van der Waals surface area contributed by atoms with Crippen molar-refractivity contribution in [3.63, 3.8) is 0 Å². The zero-order valence-corrected chi connectivity index (χ0v) is 18.6. The lowest BCUT2D eigenvalue weighted by atomic mass is 10.2. The molecule has 1 atom stereocenters. The summed E-state index contributed by atoms with van der Waals surface area (Å²) >= 11 is 0. The molecule has 0 saturated carbocycles. The van der Waals surface area contributed by atoms with E-state index in [0.717, 1.165) is 70.7 Å². The van der Waals surface area contributed by atoms with E-state index in [4.69, 9.17) is 14.5 Å². The summed E-state index contributed by atoms with van der Waals surface area (Å²) in [6, 6.07) is 8.68. The average molecular weight is 406 g/mol. The first-order valence-electron chi connectivity index (χ1n) is 10.8. The molecule has 1 fully saturated rings. The summed E-state index contributed by atoms with van der Waals surface area (Å²) in [5.74, 6) is 1.78. The van der Waals surface area contributed by atoms with E-state index < -0.39 is 0 Å². The summed E-state index contributed by atoms with van der Waals surface area (Å²) in [7, 11) is 4.16. The fraction of sp³-hybridized carbons (Fsp3) is 0.682. The third-order valence-corrected chi connectivity index (χ3v) is 4.94. The fourth-order valence-electron chi connectivity index (χ4n) is 3.17. The van der Waals surface area contributed by atoms with Crippen LogP contribution in [0.25, 0.3) is 0 Å². The monoisotopic (exact) mass is 405 g/mol. The Balaban J connectivity index is 1.77. The summed E-state index contributed by atoms with van der Waals surface area (Å²) < 4.78 is 11.2. The molecule has 1 aliphatic heterocycles. The Morgan fingerprint density at radius 2 is 1.93 bits per heavy atom. The van der Waals surface area contributed by atoms with Gasteiger partial charge in [-0.2, -0.15) is 0 Å². The molecule has 2 rings (SSSR count). The summed E-state index contributed by atoms with van der Waals surface area (Å²) in [5.41, 5.74) is 1.17. The highest BCUT2D eigenvalue weighted by Crippen LogP contribution is 2.13. The first-order chi connectivity index (χ1) is 14.1. The molecule has 7 nitrogen and oxygen atoms in total. The van der Waals surface area contributed by atoms with E-state index in [1.165, 1.54) is 5.56 Å². The Kier molecular flexibility index (Phi) is 10.8. The molecule has 0 aromatic heterocycles. The molecule has 1 unspecified atom stereocenters. The average Bonchev–Trinajstić information content (AvgIpc) is 2.74. The predicted octanol–water partition coefficient (Wildman–Crippen LogP) is 1.79. The first kappa shape index (κ1) is 23.4. The van der Waals surface area contributed by atoms with Gasteiger partial charge in [-0.15, -0.1) is 0 Å². The molecular weight excluding hydrogens is 366 g/mol. The molecule has 0 radical (unpaired) electrons. The van der Waals surface area contributed by atoms with Crippen LogP contribution in [0.15, 0.2) is 29.3 Å². The van der Waals surface area contributed by atoms with Crippen LogP contribution in [-0.4, -0.2) is 88.4 Å². The number of hydrogen-bond acceptors (Lipinski definition) is 5. The second kappa shape index (κ2) is 13.4. The molecular formula is C22H39N5O2. The number of ether oxygens (including phenoxy) is 2. The maximum absolute atomic E-state index is 5.80. The third kappa shape index (κ3) is 9.47. The van der Waals surface area contributed by atoms with E-state index in [-0.39, 0.29) is 0 Å². The lowest BCUT2D eigenvalue weighted by molar-refractivity contribution is 0.0211. The first-order valence-corrected chi connectivity index (χ1v) is 10.8. The molecule has 2 N–H and O–H groups in total. The normalized spacial score (nSPS) is 16.7. The summed E-state index contributed by atoms with van der Waals surface area (Å²) in [6.07, 6.45) is 1.03. The van der Waals surface area contributed by atoms with Gasteiger partial charge in [-0.05, 0) is 52.1 Å². The quantitative estimate of drug-likeness (QED) is 0.333. The molecule has 1 aromatic carbocycles. The number of benzene rings is 1. The molecule has 1 heterocycles. The van der Waals surface area contributed by atoms with Gasteiger partial charge in [-0.25, -0.2) is 4.99 Å². The largest absolute Gasteiger partial charge is 0.494 e. The molecule has 7 heteroatoms. The minimum absolute atomic E-state index is 0.451. The number of morpholine rings is 1. The number of guanidine groups is 1. The van der Waals surface area contributed by atoms with Crippen LogP contribution in [-0.2, 0) is 11.3 Å². The Labute approximate surface area is 176 Å². The zero-order chi connectivity index (χ0) is 20.9. The van der Waals surface area contributed by atoms with Crippen molar-refractivity contribution in [3.05, 3.63) is 29.8 Å². The molecule has 1 aromatic rings. The van der Waals surface area contributed by atoms with Crippen molar-refractivity contribution >= 4 is 5.96 Å². The number of nitrogens with one attached hydrogen (secondary N) is 2. The van der Waals surface area contributed by atoms with Crippen molar-refractivity contribution in [3.8, 4) is 5.75 Å². The minimum atomic E-state index is 0.451. The van der Waals surface area contributed by atoms with Crippen LogP contribution in [0.2, 0.25) is 0 Å². The number of rotatable bonds is 11. The molecule has 0 spiro atoms. The van der Waals surface area contributed by atoms with Gasteiger partial charge in [0.15, 0.2) is 5.96 Å². The minimum Gasteiger partial charge on any atom is -0.494 e. The van der Waals surface area contributed by atoms with E-state index in [2.05, 4.69) is 60.5 Å². The van der Waals surface area contributed by atoms with Gasteiger partial charge in [0.25, 0.3) is 0 Å². The molecule has 29 heavy (non-hydrogen) atoms. The lowest BCUT2D eigenvalue weighted by Crippen LogP contribution is -2.49. The van der Waals surface area contributed by atoms with Crippen LogP contribution < -0.4 is 15.4 Å². The van der Waals surface area contributed by atoms with Gasteiger partial charge in [0.1, 0.15) is 5.75 Å². The summed E-state index contributed by atoms with van der Waals surface area (Å²) in [4.78, 5) is 9.35. The number of hydrogen-bond donors (Lipinski definition) is 2. The zero-order valence-electron chi connectivity index (χ0n) is 18.6. The summed E-state index contributed by atoms with van der Waals surface area (Å²) in [5, 5.41) is 6.80. The predicted molar refractivity (Wildman–Crippen MR) is 120 cm³/mol. The Hall–Kier alpha value is -1.83. The number of aliphatic imine (C=N–C) groups is 1. The fourth-order valence-corrected chi connectivity index (χ4v) is 3.17. The van der Waals surface area contributed by atoms with Crippen molar-refractivity contribution in [2.24, 2.45) is 4.99 Å². The van der Waals surface area contributed by atoms with Crippen molar-refractivity contribution < 1.29 is 9.47 Å². The summed E-state index contributed by atoms with van der Waals surface area (Å²) in [6.45, 7) is 12.1. The van der Waals surface area contributed by atoms with Crippen molar-refractivity contribution in [1.29, 1.82) is 0 Å². The highest BCUT2D eigenvalue weighted by Gasteiger charge is 2.16. The van der Waals surface area contributed by atoms with Gasteiger partial charge in [0.05, 0.1) is 26.4 Å². The SMILES string of the molecule is CCNC(=NCc1ccc(OCCCN(C)C)cc1)NCC(C)N1CCOCC1. The van der Waals surface area contributed by atoms with Gasteiger partial charge < -0.3 is 25.0 Å². The second-order valence-corrected chi connectivity index (χ2v) is 7.72. The topological polar surface area (TPSA) is 61.4 Å². The van der Waals surface area contributed by atoms with Crippen LogP contribution in [0.3, 0.4) is 0 Å². The molecule has 0 aliphatic carbocycles. The third-order valence-electron chi connectivity index (χ3n) is 4.94. The molecule has 164 valence electrons. The van der Waals surface area contributed by atoms with Crippen LogP contribution in [0, 0.1) is 0 Å². The Morgan fingerprint density at radius 3 is 2.59 bits per heavy atom. The van der Waals surface area contributed by atoms with Gasteiger partial charge in [0.2, 0.25) is 0 Å². The highest BCUT2D eigenvalue weighted by molar-refractivity contribution is 5.79. The Morgan fingerprint density at radius 1 is 1.21 bits per heavy atom. The standard InChI is InChI=1S/C22H39N5O2/c1-5-23-22(24-17-19(2)27-12-15-28-16-13-27)25-18-20-7-9-21(10-8-20)29-14-6-11-26(3)4/h7-10,19H,5-6,11-18H2,1-4H3,(H2,23,24,25). The van der Waals surface area contributed by atoms with Gasteiger partial charge in [-0.3, -0.25) is 4.90 Å². The molecule has 1 saturated heterocycles. The molecule has 0 bridgehead atoms. The van der Waals surface area contributed by atoms with Crippen LogP contribution in [0.5, 0.6) is 5.75 Å². The highest BCUT2D eigenvalue weighted by atomic mass is 16.5. The smallest absolute Gasteiger partial charge is 0.191 e. The van der Waals surface area contributed by atoms with E-state index in [1.807, 2.05) is 12.1 Å². The molecule has 1 aliphatic rings. The second-order valence-electron chi connectivity index (χ2n) is 7.72. The van der Waals surface area contributed by atoms with E-state index in [9.17, 15) is 0 Å².